The van der Waals surface area contributed by atoms with E-state index < -0.39 is 0 Å². The predicted molar refractivity (Wildman–Crippen MR) is 83.3 cm³/mol. The molecule has 0 aliphatic heterocycles. The molecule has 19 heavy (non-hydrogen) atoms. The van der Waals surface area contributed by atoms with Crippen LogP contribution in [0.15, 0.2) is 41.8 Å². The number of thiophene rings is 1. The molecule has 0 radical (unpaired) electrons. The largest absolute Gasteiger partial charge is 0.330 e. The second-order valence-electron chi connectivity index (χ2n) is 4.74. The maximum Gasteiger partial charge on any atom is 0.0331 e. The summed E-state index contributed by atoms with van der Waals surface area (Å²) < 4.78 is 0. The molecule has 1 aromatic carbocycles. The minimum Gasteiger partial charge on any atom is -0.330 e. The van der Waals surface area contributed by atoms with Crippen molar-refractivity contribution in [2.75, 3.05) is 13.1 Å². The van der Waals surface area contributed by atoms with Crippen molar-refractivity contribution in [2.45, 2.75) is 26.4 Å². The Labute approximate surface area is 119 Å². The van der Waals surface area contributed by atoms with Crippen molar-refractivity contribution in [3.63, 3.8) is 0 Å². The summed E-state index contributed by atoms with van der Waals surface area (Å²) in [4.78, 5) is 3.89. The Hall–Kier alpha value is -1.16. The first-order valence-corrected chi connectivity index (χ1v) is 7.72. The fourth-order valence-corrected chi connectivity index (χ4v) is 2.88. The Morgan fingerprint density at radius 2 is 1.79 bits per heavy atom. The number of hydrogen-bond donors (Lipinski definition) is 1. The average molecular weight is 274 g/mol. The van der Waals surface area contributed by atoms with Crippen LogP contribution >= 0.6 is 11.3 Å². The minimum absolute atomic E-state index is 0.721. The second-order valence-corrected chi connectivity index (χ2v) is 5.77. The highest BCUT2D eigenvalue weighted by Crippen LogP contribution is 2.14. The van der Waals surface area contributed by atoms with Crippen molar-refractivity contribution in [3.05, 3.63) is 57.8 Å². The smallest absolute Gasteiger partial charge is 0.0331 e. The summed E-state index contributed by atoms with van der Waals surface area (Å²) in [5.74, 6) is 0. The van der Waals surface area contributed by atoms with E-state index in [0.717, 1.165) is 32.6 Å². The van der Waals surface area contributed by atoms with E-state index in [1.807, 2.05) is 11.3 Å². The molecule has 0 atom stereocenters. The van der Waals surface area contributed by atoms with E-state index in [-0.39, 0.29) is 0 Å². The predicted octanol–water partition coefficient (Wildman–Crippen LogP) is 3.27. The molecule has 2 nitrogen and oxygen atoms in total. The molecule has 1 heterocycles. The van der Waals surface area contributed by atoms with Crippen LogP contribution in [0.2, 0.25) is 0 Å². The van der Waals surface area contributed by atoms with Crippen molar-refractivity contribution in [1.29, 1.82) is 0 Å². The molecule has 0 fully saturated rings. The van der Waals surface area contributed by atoms with Crippen LogP contribution in [0.5, 0.6) is 0 Å². The highest BCUT2D eigenvalue weighted by atomic mass is 32.1. The molecular formula is C16H22N2S. The van der Waals surface area contributed by atoms with Gasteiger partial charge in [-0.25, -0.2) is 0 Å². The van der Waals surface area contributed by atoms with Crippen LogP contribution in [0, 0.1) is 0 Å². The maximum atomic E-state index is 5.57. The van der Waals surface area contributed by atoms with E-state index in [2.05, 4.69) is 53.6 Å². The summed E-state index contributed by atoms with van der Waals surface area (Å²) >= 11 is 1.83. The van der Waals surface area contributed by atoms with Crippen LogP contribution in [0.1, 0.15) is 22.9 Å². The van der Waals surface area contributed by atoms with Gasteiger partial charge in [0.15, 0.2) is 0 Å². The zero-order chi connectivity index (χ0) is 13.5. The Kier molecular flexibility index (Phi) is 5.58. The molecule has 3 heteroatoms. The number of rotatable bonds is 7. The molecule has 0 aliphatic carbocycles. The molecule has 0 aliphatic rings. The molecule has 2 N–H and O–H groups in total. The Balaban J connectivity index is 1.94. The van der Waals surface area contributed by atoms with Gasteiger partial charge < -0.3 is 5.73 Å². The molecule has 0 saturated heterocycles. The topological polar surface area (TPSA) is 29.3 Å². The molecule has 0 bridgehead atoms. The molecular weight excluding hydrogens is 252 g/mol. The molecule has 1 aromatic heterocycles. The molecule has 2 aromatic rings. The summed E-state index contributed by atoms with van der Waals surface area (Å²) in [6.07, 6.45) is 0.965. The highest BCUT2D eigenvalue weighted by molar-refractivity contribution is 7.09. The first-order chi connectivity index (χ1) is 9.31. The minimum atomic E-state index is 0.721. The van der Waals surface area contributed by atoms with Gasteiger partial charge in [-0.05, 0) is 42.1 Å². The van der Waals surface area contributed by atoms with Crippen molar-refractivity contribution in [1.82, 2.24) is 4.90 Å². The van der Waals surface area contributed by atoms with E-state index in [4.69, 9.17) is 5.73 Å². The number of nitrogens with two attached hydrogens (primary N) is 1. The zero-order valence-electron chi connectivity index (χ0n) is 11.5. The van der Waals surface area contributed by atoms with Gasteiger partial charge in [0.2, 0.25) is 0 Å². The monoisotopic (exact) mass is 274 g/mol. The number of nitrogens with zero attached hydrogens (tertiary/aromatic N) is 1. The average Bonchev–Trinajstić information content (AvgIpc) is 2.93. The Morgan fingerprint density at radius 3 is 2.37 bits per heavy atom. The normalized spacial score (nSPS) is 11.1. The third-order valence-corrected chi connectivity index (χ3v) is 4.13. The second kappa shape index (κ2) is 7.43. The first kappa shape index (κ1) is 14.3. The van der Waals surface area contributed by atoms with Gasteiger partial charge >= 0.3 is 0 Å². The van der Waals surface area contributed by atoms with Gasteiger partial charge in [0.05, 0.1) is 0 Å². The van der Waals surface area contributed by atoms with E-state index in [0.29, 0.717) is 0 Å². The standard InChI is InChI=1S/C16H22N2S/c1-2-18(13-16-4-3-11-19-16)12-15-7-5-14(6-8-15)9-10-17/h3-8,11H,2,9-10,12-13,17H2,1H3. The molecule has 102 valence electrons. The van der Waals surface area contributed by atoms with Gasteiger partial charge in [-0.3, -0.25) is 4.90 Å². The van der Waals surface area contributed by atoms with Crippen LogP contribution in [0.25, 0.3) is 0 Å². The van der Waals surface area contributed by atoms with Crippen LogP contribution in [-0.2, 0) is 19.5 Å². The van der Waals surface area contributed by atoms with Crippen LogP contribution in [0.4, 0.5) is 0 Å². The summed E-state index contributed by atoms with van der Waals surface area (Å²) in [6, 6.07) is 13.2. The summed E-state index contributed by atoms with van der Waals surface area (Å²) in [6.45, 7) is 6.06. The van der Waals surface area contributed by atoms with E-state index in [9.17, 15) is 0 Å². The van der Waals surface area contributed by atoms with Crippen LogP contribution in [-0.4, -0.2) is 18.0 Å². The van der Waals surface area contributed by atoms with Crippen molar-refractivity contribution in [3.8, 4) is 0 Å². The SMILES string of the molecule is CCN(Cc1ccc(CCN)cc1)Cc1cccs1. The lowest BCUT2D eigenvalue weighted by molar-refractivity contribution is 0.274. The highest BCUT2D eigenvalue weighted by Gasteiger charge is 2.05. The van der Waals surface area contributed by atoms with E-state index >= 15 is 0 Å². The van der Waals surface area contributed by atoms with E-state index in [1.165, 1.54) is 16.0 Å². The van der Waals surface area contributed by atoms with Crippen molar-refractivity contribution >= 4 is 11.3 Å². The molecule has 0 saturated carbocycles. The summed E-state index contributed by atoms with van der Waals surface area (Å²) in [5.41, 5.74) is 8.27. The quantitative estimate of drug-likeness (QED) is 0.839. The third kappa shape index (κ3) is 4.46. The summed E-state index contributed by atoms with van der Waals surface area (Å²) in [5, 5.41) is 2.14. The fourth-order valence-electron chi connectivity index (χ4n) is 2.14. The number of benzene rings is 1. The number of hydrogen-bond acceptors (Lipinski definition) is 3. The molecule has 0 spiro atoms. The molecule has 0 unspecified atom stereocenters. The lowest BCUT2D eigenvalue weighted by atomic mass is 10.1. The first-order valence-electron chi connectivity index (χ1n) is 6.84. The maximum absolute atomic E-state index is 5.57. The van der Waals surface area contributed by atoms with E-state index in [1.54, 1.807) is 0 Å². The Morgan fingerprint density at radius 1 is 1.05 bits per heavy atom. The fraction of sp³-hybridized carbons (Fsp3) is 0.375. The third-order valence-electron chi connectivity index (χ3n) is 3.27. The van der Waals surface area contributed by atoms with Gasteiger partial charge in [0, 0.05) is 18.0 Å². The van der Waals surface area contributed by atoms with Crippen molar-refractivity contribution < 1.29 is 0 Å². The van der Waals surface area contributed by atoms with Gasteiger partial charge in [-0.1, -0.05) is 37.3 Å². The van der Waals surface area contributed by atoms with Crippen molar-refractivity contribution in [2.24, 2.45) is 5.73 Å². The van der Waals surface area contributed by atoms with Gasteiger partial charge in [0.1, 0.15) is 0 Å². The lowest BCUT2D eigenvalue weighted by Crippen LogP contribution is -2.21. The van der Waals surface area contributed by atoms with Crippen LogP contribution < -0.4 is 5.73 Å². The zero-order valence-corrected chi connectivity index (χ0v) is 12.3. The van der Waals surface area contributed by atoms with Crippen LogP contribution in [0.3, 0.4) is 0 Å². The Bertz CT molecular complexity index is 462. The van der Waals surface area contributed by atoms with Gasteiger partial charge in [-0.15, -0.1) is 11.3 Å². The lowest BCUT2D eigenvalue weighted by Gasteiger charge is -2.19. The molecule has 2 rings (SSSR count). The summed E-state index contributed by atoms with van der Waals surface area (Å²) in [7, 11) is 0. The molecule has 0 amide bonds. The van der Waals surface area contributed by atoms with Gasteiger partial charge in [0.25, 0.3) is 0 Å². The van der Waals surface area contributed by atoms with Gasteiger partial charge in [-0.2, -0.15) is 0 Å².